The first-order chi connectivity index (χ1) is 7.88. The lowest BCUT2D eigenvalue weighted by atomic mass is 10.0. The average Bonchev–Trinajstić information content (AvgIpc) is 2.38. The first-order valence-corrected chi connectivity index (χ1v) is 7.03. The highest BCUT2D eigenvalue weighted by atomic mass is 32.2. The Balaban J connectivity index is 1.79. The maximum Gasteiger partial charge on any atom is 0.144 e. The molecule has 16 heavy (non-hydrogen) atoms. The van der Waals surface area contributed by atoms with Crippen LogP contribution in [0.3, 0.4) is 0 Å². The summed E-state index contributed by atoms with van der Waals surface area (Å²) in [4.78, 5) is 8.66. The maximum absolute atomic E-state index is 4.39. The zero-order valence-corrected chi connectivity index (χ0v) is 10.6. The molecule has 1 heterocycles. The summed E-state index contributed by atoms with van der Waals surface area (Å²) >= 11 is 2.04. The summed E-state index contributed by atoms with van der Waals surface area (Å²) in [6, 6.07) is 0. The highest BCUT2D eigenvalue weighted by Gasteiger charge is 2.13. The summed E-state index contributed by atoms with van der Waals surface area (Å²) in [5.41, 5.74) is 1.09. The minimum Gasteiger partial charge on any atom is -0.372 e. The van der Waals surface area contributed by atoms with Crippen LogP contribution in [0.15, 0.2) is 12.4 Å². The fourth-order valence-corrected chi connectivity index (χ4v) is 3.22. The Morgan fingerprint density at radius 2 is 2.06 bits per heavy atom. The number of nitrogens with one attached hydrogen (secondary N) is 1. The van der Waals surface area contributed by atoms with Crippen molar-refractivity contribution in [2.45, 2.75) is 43.1 Å². The van der Waals surface area contributed by atoms with E-state index in [1.165, 1.54) is 32.1 Å². The third-order valence-electron chi connectivity index (χ3n) is 2.98. The van der Waals surface area contributed by atoms with Crippen molar-refractivity contribution in [1.29, 1.82) is 0 Å². The molecule has 0 spiro atoms. The largest absolute Gasteiger partial charge is 0.372 e. The van der Waals surface area contributed by atoms with Crippen LogP contribution in [-0.2, 0) is 5.75 Å². The minimum absolute atomic E-state index is 0.839. The molecule has 1 fully saturated rings. The summed E-state index contributed by atoms with van der Waals surface area (Å²) < 4.78 is 0. The lowest BCUT2D eigenvalue weighted by Crippen LogP contribution is -2.08. The third kappa shape index (κ3) is 3.37. The van der Waals surface area contributed by atoms with E-state index in [9.17, 15) is 0 Å². The Kier molecular flexibility index (Phi) is 4.45. The van der Waals surface area contributed by atoms with Gasteiger partial charge in [-0.25, -0.2) is 4.98 Å². The highest BCUT2D eigenvalue weighted by Crippen LogP contribution is 2.29. The number of thioether (sulfide) groups is 1. The molecule has 0 saturated heterocycles. The van der Waals surface area contributed by atoms with Crippen molar-refractivity contribution >= 4 is 17.6 Å². The van der Waals surface area contributed by atoms with E-state index in [1.54, 1.807) is 6.20 Å². The molecular formula is C12H19N3S. The molecule has 0 amide bonds. The van der Waals surface area contributed by atoms with Gasteiger partial charge in [0.1, 0.15) is 5.82 Å². The van der Waals surface area contributed by atoms with Crippen molar-refractivity contribution in [3.63, 3.8) is 0 Å². The van der Waals surface area contributed by atoms with Crippen molar-refractivity contribution in [1.82, 2.24) is 9.97 Å². The van der Waals surface area contributed by atoms with Crippen molar-refractivity contribution in [3.05, 3.63) is 18.1 Å². The molecule has 4 heteroatoms. The lowest BCUT2D eigenvalue weighted by molar-refractivity contribution is 0.516. The first-order valence-electron chi connectivity index (χ1n) is 5.99. The van der Waals surface area contributed by atoms with Crippen molar-refractivity contribution in [2.75, 3.05) is 12.4 Å². The monoisotopic (exact) mass is 237 g/mol. The van der Waals surface area contributed by atoms with Gasteiger partial charge in [-0.2, -0.15) is 11.8 Å². The number of hydrogen-bond donors (Lipinski definition) is 1. The summed E-state index contributed by atoms with van der Waals surface area (Å²) in [6.45, 7) is 0. The predicted molar refractivity (Wildman–Crippen MR) is 69.7 cm³/mol. The Bertz CT molecular complexity index is 307. The van der Waals surface area contributed by atoms with E-state index in [0.29, 0.717) is 0 Å². The SMILES string of the molecule is CNc1cnc(CSC2CCCCC2)cn1. The topological polar surface area (TPSA) is 37.8 Å². The average molecular weight is 237 g/mol. The fraction of sp³-hybridized carbons (Fsp3) is 0.667. The Morgan fingerprint density at radius 1 is 1.25 bits per heavy atom. The van der Waals surface area contributed by atoms with Gasteiger partial charge in [0.15, 0.2) is 0 Å². The van der Waals surface area contributed by atoms with Crippen LogP contribution in [0.25, 0.3) is 0 Å². The van der Waals surface area contributed by atoms with E-state index in [1.807, 2.05) is 25.0 Å². The summed E-state index contributed by atoms with van der Waals surface area (Å²) in [5.74, 6) is 1.84. The number of anilines is 1. The van der Waals surface area contributed by atoms with E-state index in [4.69, 9.17) is 0 Å². The van der Waals surface area contributed by atoms with E-state index < -0.39 is 0 Å². The second kappa shape index (κ2) is 6.09. The van der Waals surface area contributed by atoms with Crippen LogP contribution in [0.2, 0.25) is 0 Å². The molecule has 88 valence electrons. The highest BCUT2D eigenvalue weighted by molar-refractivity contribution is 7.99. The van der Waals surface area contributed by atoms with Gasteiger partial charge in [-0.3, -0.25) is 4.98 Å². The van der Waals surface area contributed by atoms with Crippen molar-refractivity contribution in [2.24, 2.45) is 0 Å². The van der Waals surface area contributed by atoms with Gasteiger partial charge in [0.2, 0.25) is 0 Å². The Morgan fingerprint density at radius 3 is 2.69 bits per heavy atom. The summed E-state index contributed by atoms with van der Waals surface area (Å²) in [7, 11) is 1.86. The Labute approximate surface area is 101 Å². The van der Waals surface area contributed by atoms with E-state index in [2.05, 4.69) is 15.3 Å². The van der Waals surface area contributed by atoms with E-state index >= 15 is 0 Å². The van der Waals surface area contributed by atoms with Gasteiger partial charge < -0.3 is 5.32 Å². The number of nitrogens with zero attached hydrogens (tertiary/aromatic N) is 2. The molecule has 0 atom stereocenters. The Hall–Kier alpha value is -0.770. The lowest BCUT2D eigenvalue weighted by Gasteiger charge is -2.20. The molecule has 0 unspecified atom stereocenters. The van der Waals surface area contributed by atoms with Gasteiger partial charge in [-0.05, 0) is 12.8 Å². The molecule has 1 aliphatic carbocycles. The molecule has 0 aromatic carbocycles. The quantitative estimate of drug-likeness (QED) is 0.873. The van der Waals surface area contributed by atoms with Crippen LogP contribution in [0.1, 0.15) is 37.8 Å². The predicted octanol–water partition coefficient (Wildman–Crippen LogP) is 3.08. The van der Waals surface area contributed by atoms with Crippen LogP contribution in [0.5, 0.6) is 0 Å². The fourth-order valence-electron chi connectivity index (χ4n) is 1.99. The molecule has 1 N–H and O–H groups in total. The van der Waals surface area contributed by atoms with Crippen LogP contribution in [0, 0.1) is 0 Å². The van der Waals surface area contributed by atoms with E-state index in [-0.39, 0.29) is 0 Å². The van der Waals surface area contributed by atoms with Crippen molar-refractivity contribution in [3.8, 4) is 0 Å². The minimum atomic E-state index is 0.839. The number of aromatic nitrogens is 2. The number of hydrogen-bond acceptors (Lipinski definition) is 4. The zero-order chi connectivity index (χ0) is 11.2. The van der Waals surface area contributed by atoms with Crippen LogP contribution in [-0.4, -0.2) is 22.3 Å². The molecule has 0 aliphatic heterocycles. The van der Waals surface area contributed by atoms with Gasteiger partial charge in [0, 0.05) is 18.1 Å². The molecule has 1 saturated carbocycles. The summed E-state index contributed by atoms with van der Waals surface area (Å²) in [5, 5.41) is 3.83. The van der Waals surface area contributed by atoms with Gasteiger partial charge in [-0.15, -0.1) is 0 Å². The van der Waals surface area contributed by atoms with Gasteiger partial charge in [0.25, 0.3) is 0 Å². The number of rotatable bonds is 4. The third-order valence-corrected chi connectivity index (χ3v) is 4.39. The van der Waals surface area contributed by atoms with E-state index in [0.717, 1.165) is 22.5 Å². The van der Waals surface area contributed by atoms with Crippen molar-refractivity contribution < 1.29 is 0 Å². The second-order valence-corrected chi connectivity index (χ2v) is 5.50. The smallest absolute Gasteiger partial charge is 0.144 e. The van der Waals surface area contributed by atoms with Gasteiger partial charge >= 0.3 is 0 Å². The molecule has 2 rings (SSSR count). The van der Waals surface area contributed by atoms with Gasteiger partial charge in [-0.1, -0.05) is 19.3 Å². The molecule has 1 aromatic heterocycles. The molecule has 1 aromatic rings. The maximum atomic E-state index is 4.39. The van der Waals surface area contributed by atoms with Crippen LogP contribution >= 0.6 is 11.8 Å². The first kappa shape index (κ1) is 11.7. The normalized spacial score (nSPS) is 17.3. The summed E-state index contributed by atoms with van der Waals surface area (Å²) in [6.07, 6.45) is 10.7. The second-order valence-electron chi connectivity index (χ2n) is 4.21. The molecule has 3 nitrogen and oxygen atoms in total. The molecule has 0 radical (unpaired) electrons. The zero-order valence-electron chi connectivity index (χ0n) is 9.78. The molecule has 0 bridgehead atoms. The molecular weight excluding hydrogens is 218 g/mol. The van der Waals surface area contributed by atoms with Crippen LogP contribution < -0.4 is 5.32 Å². The van der Waals surface area contributed by atoms with Crippen LogP contribution in [0.4, 0.5) is 5.82 Å². The molecule has 1 aliphatic rings. The van der Waals surface area contributed by atoms with Gasteiger partial charge in [0.05, 0.1) is 18.1 Å². The standard InChI is InChI=1S/C12H19N3S/c1-13-12-8-14-10(7-15-12)9-16-11-5-3-2-4-6-11/h7-8,11H,2-6,9H2,1H3,(H,13,15).